The van der Waals surface area contributed by atoms with Crippen LogP contribution < -0.4 is 10.6 Å². The number of benzene rings is 1. The number of halogens is 2. The zero-order valence-corrected chi connectivity index (χ0v) is 16.7. The van der Waals surface area contributed by atoms with Crippen LogP contribution in [0.3, 0.4) is 0 Å². The van der Waals surface area contributed by atoms with Crippen LogP contribution in [-0.4, -0.2) is 42.4 Å². The van der Waals surface area contributed by atoms with Gasteiger partial charge in [-0.15, -0.1) is 0 Å². The normalized spacial score (nSPS) is 20.4. The second-order valence-electron chi connectivity index (χ2n) is 7.44. The van der Waals surface area contributed by atoms with Crippen LogP contribution in [-0.2, 0) is 16.1 Å². The van der Waals surface area contributed by atoms with E-state index in [1.54, 1.807) is 6.07 Å². The van der Waals surface area contributed by atoms with Crippen LogP contribution in [0.4, 0.5) is 4.39 Å². The predicted octanol–water partition coefficient (Wildman–Crippen LogP) is 3.18. The molecule has 0 saturated carbocycles. The number of rotatable bonds is 7. The van der Waals surface area contributed by atoms with Gasteiger partial charge in [0, 0.05) is 26.2 Å². The average Bonchev–Trinajstić information content (AvgIpc) is 2.68. The highest BCUT2D eigenvalue weighted by atomic mass is 35.5. The summed E-state index contributed by atoms with van der Waals surface area (Å²) in [6, 6.07) is 4.08. The number of nitrogens with one attached hydrogen (secondary N) is 2. The lowest BCUT2D eigenvalue weighted by atomic mass is 9.97. The maximum absolute atomic E-state index is 13.7. The quantitative estimate of drug-likeness (QED) is 0.682. The van der Waals surface area contributed by atoms with Crippen LogP contribution in [0.1, 0.15) is 44.1 Å². The standard InChI is InChI=1S/C21H27ClFN3O2/c22-17-7-6-16(12-18(17)23)14-26-11-10-25-21(28)19(26)13-20(27)24-9-8-15-4-2-1-3-5-15/h4,6-7,12,19H,1-3,5,8-11,13-14H2,(H,24,27)(H,25,28). The zero-order valence-electron chi connectivity index (χ0n) is 16.0. The molecule has 1 unspecified atom stereocenters. The molecule has 2 N–H and O–H groups in total. The van der Waals surface area contributed by atoms with Crippen LogP contribution in [0.5, 0.6) is 0 Å². The van der Waals surface area contributed by atoms with E-state index in [1.807, 2.05) is 4.90 Å². The molecule has 28 heavy (non-hydrogen) atoms. The third kappa shape index (κ3) is 5.79. The number of hydrogen-bond donors (Lipinski definition) is 2. The maximum atomic E-state index is 13.7. The summed E-state index contributed by atoms with van der Waals surface area (Å²) < 4.78 is 13.7. The summed E-state index contributed by atoms with van der Waals surface area (Å²) in [5.41, 5.74) is 2.14. The largest absolute Gasteiger partial charge is 0.356 e. The van der Waals surface area contributed by atoms with Crippen LogP contribution in [0.15, 0.2) is 29.8 Å². The fourth-order valence-electron chi connectivity index (χ4n) is 3.79. The van der Waals surface area contributed by atoms with Crippen LogP contribution in [0, 0.1) is 5.82 Å². The van der Waals surface area contributed by atoms with Gasteiger partial charge in [0.2, 0.25) is 11.8 Å². The van der Waals surface area contributed by atoms with E-state index in [1.165, 1.54) is 30.5 Å². The van der Waals surface area contributed by atoms with Gasteiger partial charge < -0.3 is 10.6 Å². The highest BCUT2D eigenvalue weighted by Crippen LogP contribution is 2.20. The van der Waals surface area contributed by atoms with Crippen molar-refractivity contribution in [2.75, 3.05) is 19.6 Å². The maximum Gasteiger partial charge on any atom is 0.237 e. The minimum Gasteiger partial charge on any atom is -0.356 e. The van der Waals surface area contributed by atoms with Gasteiger partial charge >= 0.3 is 0 Å². The smallest absolute Gasteiger partial charge is 0.237 e. The summed E-state index contributed by atoms with van der Waals surface area (Å²) in [4.78, 5) is 26.6. The molecule has 3 rings (SSSR count). The molecular weight excluding hydrogens is 381 g/mol. The van der Waals surface area contributed by atoms with E-state index in [2.05, 4.69) is 16.7 Å². The van der Waals surface area contributed by atoms with Crippen molar-refractivity contribution in [1.82, 2.24) is 15.5 Å². The van der Waals surface area contributed by atoms with Crippen LogP contribution in [0.2, 0.25) is 5.02 Å². The SMILES string of the molecule is O=C(CC1C(=O)NCCN1Cc1ccc(Cl)c(F)c1)NCCC1=CCCCC1. The Balaban J connectivity index is 1.54. The van der Waals surface area contributed by atoms with Gasteiger partial charge in [-0.1, -0.05) is 29.3 Å². The van der Waals surface area contributed by atoms with Gasteiger partial charge in [0.05, 0.1) is 17.5 Å². The lowest BCUT2D eigenvalue weighted by Crippen LogP contribution is -2.56. The van der Waals surface area contributed by atoms with Gasteiger partial charge in [-0.05, 0) is 49.8 Å². The molecule has 0 aromatic heterocycles. The summed E-state index contributed by atoms with van der Waals surface area (Å²) >= 11 is 5.74. The molecule has 1 aliphatic heterocycles. The minimum atomic E-state index is -0.554. The Hall–Kier alpha value is -1.92. The molecule has 1 heterocycles. The molecule has 0 spiro atoms. The Bertz CT molecular complexity index is 753. The lowest BCUT2D eigenvalue weighted by molar-refractivity contribution is -0.134. The van der Waals surface area contributed by atoms with Crippen molar-refractivity contribution in [3.63, 3.8) is 0 Å². The molecule has 7 heteroatoms. The Morgan fingerprint density at radius 3 is 2.96 bits per heavy atom. The summed E-state index contributed by atoms with van der Waals surface area (Å²) in [6.45, 7) is 2.12. The second-order valence-corrected chi connectivity index (χ2v) is 7.85. The fraction of sp³-hybridized carbons (Fsp3) is 0.524. The molecule has 0 bridgehead atoms. The van der Waals surface area contributed by atoms with Crippen molar-refractivity contribution in [3.05, 3.63) is 46.3 Å². The van der Waals surface area contributed by atoms with Gasteiger partial charge in [-0.3, -0.25) is 14.5 Å². The van der Waals surface area contributed by atoms with E-state index in [0.29, 0.717) is 26.2 Å². The third-order valence-electron chi connectivity index (χ3n) is 5.34. The number of nitrogens with zero attached hydrogens (tertiary/aromatic N) is 1. The summed E-state index contributed by atoms with van der Waals surface area (Å²) in [5.74, 6) is -0.775. The number of amides is 2. The van der Waals surface area contributed by atoms with Gasteiger partial charge in [0.1, 0.15) is 5.82 Å². The van der Waals surface area contributed by atoms with E-state index < -0.39 is 11.9 Å². The first-order valence-corrected chi connectivity index (χ1v) is 10.3. The average molecular weight is 408 g/mol. The molecule has 1 aromatic carbocycles. The van der Waals surface area contributed by atoms with Crippen molar-refractivity contribution in [2.45, 2.75) is 51.1 Å². The highest BCUT2D eigenvalue weighted by molar-refractivity contribution is 6.30. The Morgan fingerprint density at radius 1 is 1.36 bits per heavy atom. The van der Waals surface area contributed by atoms with Crippen molar-refractivity contribution < 1.29 is 14.0 Å². The summed E-state index contributed by atoms with van der Waals surface area (Å²) in [5, 5.41) is 5.82. The molecule has 1 atom stereocenters. The fourth-order valence-corrected chi connectivity index (χ4v) is 3.91. The lowest BCUT2D eigenvalue weighted by Gasteiger charge is -2.34. The second kappa shape index (κ2) is 10.0. The topological polar surface area (TPSA) is 61.4 Å². The van der Waals surface area contributed by atoms with Crippen molar-refractivity contribution in [3.8, 4) is 0 Å². The van der Waals surface area contributed by atoms with Gasteiger partial charge in [0.25, 0.3) is 0 Å². The van der Waals surface area contributed by atoms with Gasteiger partial charge in [-0.25, -0.2) is 4.39 Å². The van der Waals surface area contributed by atoms with E-state index in [9.17, 15) is 14.0 Å². The molecule has 1 fully saturated rings. The molecular formula is C21H27ClFN3O2. The first kappa shape index (κ1) is 20.8. The number of allylic oxidation sites excluding steroid dienone is 1. The minimum absolute atomic E-state index is 0.0733. The molecule has 2 amide bonds. The zero-order chi connectivity index (χ0) is 19.9. The third-order valence-corrected chi connectivity index (χ3v) is 5.65. The number of carbonyl (C=O) groups excluding carboxylic acids is 2. The van der Waals surface area contributed by atoms with Crippen LogP contribution >= 0.6 is 11.6 Å². The molecule has 0 radical (unpaired) electrons. The molecule has 1 saturated heterocycles. The molecule has 1 aliphatic carbocycles. The molecule has 2 aliphatic rings. The highest BCUT2D eigenvalue weighted by Gasteiger charge is 2.31. The summed E-state index contributed by atoms with van der Waals surface area (Å²) in [6.07, 6.45) is 7.97. The van der Waals surface area contributed by atoms with Gasteiger partial charge in [0.15, 0.2) is 0 Å². The first-order valence-electron chi connectivity index (χ1n) is 9.93. The number of carbonyl (C=O) groups is 2. The van der Waals surface area contributed by atoms with E-state index in [0.717, 1.165) is 24.8 Å². The van der Waals surface area contributed by atoms with Crippen molar-refractivity contribution in [1.29, 1.82) is 0 Å². The Labute approximate surface area is 170 Å². The van der Waals surface area contributed by atoms with E-state index in [-0.39, 0.29) is 23.3 Å². The monoisotopic (exact) mass is 407 g/mol. The number of hydrogen-bond acceptors (Lipinski definition) is 3. The first-order chi connectivity index (χ1) is 13.5. The number of piperazine rings is 1. The van der Waals surface area contributed by atoms with E-state index >= 15 is 0 Å². The predicted molar refractivity (Wildman–Crippen MR) is 107 cm³/mol. The molecule has 5 nitrogen and oxygen atoms in total. The van der Waals surface area contributed by atoms with E-state index in [4.69, 9.17) is 11.6 Å². The van der Waals surface area contributed by atoms with Crippen molar-refractivity contribution in [2.24, 2.45) is 0 Å². The van der Waals surface area contributed by atoms with Crippen LogP contribution in [0.25, 0.3) is 0 Å². The molecule has 152 valence electrons. The molecule has 1 aromatic rings. The van der Waals surface area contributed by atoms with Gasteiger partial charge in [-0.2, -0.15) is 0 Å². The van der Waals surface area contributed by atoms with Crippen molar-refractivity contribution >= 4 is 23.4 Å². The Morgan fingerprint density at radius 2 is 2.21 bits per heavy atom. The Kier molecular flexibility index (Phi) is 7.45. The summed E-state index contributed by atoms with van der Waals surface area (Å²) in [7, 11) is 0.